The van der Waals surface area contributed by atoms with Crippen molar-refractivity contribution in [3.05, 3.63) is 23.8 Å². The highest BCUT2D eigenvalue weighted by Crippen LogP contribution is 2.27. The van der Waals surface area contributed by atoms with E-state index in [1.807, 2.05) is 37.6 Å². The summed E-state index contributed by atoms with van der Waals surface area (Å²) in [4.78, 5) is 4.34. The van der Waals surface area contributed by atoms with Crippen molar-refractivity contribution < 1.29 is 4.74 Å². The molecule has 4 nitrogen and oxygen atoms in total. The molecule has 1 aromatic carbocycles. The number of hydrogen-bond acceptors (Lipinski definition) is 4. The molecule has 1 N–H and O–H groups in total. The summed E-state index contributed by atoms with van der Waals surface area (Å²) in [5.74, 6) is 0.790. The maximum Gasteiger partial charge on any atom is 0.183 e. The van der Waals surface area contributed by atoms with E-state index >= 15 is 0 Å². The number of aliphatic imine (C=N–C) groups is 1. The fraction of sp³-hybridized carbons (Fsp3) is 0.273. The maximum atomic E-state index is 8.54. The van der Waals surface area contributed by atoms with Gasteiger partial charge in [-0.05, 0) is 25.3 Å². The van der Waals surface area contributed by atoms with Crippen molar-refractivity contribution in [1.82, 2.24) is 5.32 Å². The van der Waals surface area contributed by atoms with E-state index in [0.29, 0.717) is 5.17 Å². The van der Waals surface area contributed by atoms with Crippen LogP contribution in [0, 0.1) is 18.4 Å². The van der Waals surface area contributed by atoms with Gasteiger partial charge < -0.3 is 4.74 Å². The molecule has 0 radical (unpaired) electrons. The molecule has 0 aliphatic heterocycles. The van der Waals surface area contributed by atoms with Gasteiger partial charge in [0, 0.05) is 5.56 Å². The van der Waals surface area contributed by atoms with E-state index in [9.17, 15) is 0 Å². The van der Waals surface area contributed by atoms with Gasteiger partial charge in [0.05, 0.1) is 12.8 Å². The maximum absolute atomic E-state index is 8.54. The normalized spacial score (nSPS) is 10.8. The van der Waals surface area contributed by atoms with Crippen LogP contribution in [-0.2, 0) is 0 Å². The van der Waals surface area contributed by atoms with E-state index in [2.05, 4.69) is 10.3 Å². The summed E-state index contributed by atoms with van der Waals surface area (Å²) in [5.41, 5.74) is 1.75. The number of thioether (sulfide) groups is 1. The summed E-state index contributed by atoms with van der Waals surface area (Å²) >= 11 is 1.39. The van der Waals surface area contributed by atoms with Gasteiger partial charge in [0.1, 0.15) is 5.75 Å². The highest BCUT2D eigenvalue weighted by molar-refractivity contribution is 8.13. The number of rotatable bonds is 2. The van der Waals surface area contributed by atoms with Gasteiger partial charge in [0.2, 0.25) is 0 Å². The average molecular weight is 235 g/mol. The van der Waals surface area contributed by atoms with Crippen LogP contribution in [0.25, 0.3) is 0 Å². The number of nitrogens with zero attached hydrogens (tertiary/aromatic N) is 2. The Morgan fingerprint density at radius 1 is 1.56 bits per heavy atom. The third-order valence-corrected chi connectivity index (χ3v) is 2.63. The van der Waals surface area contributed by atoms with E-state index in [0.717, 1.165) is 17.0 Å². The highest BCUT2D eigenvalue weighted by atomic mass is 32.2. The predicted molar refractivity (Wildman–Crippen MR) is 67.1 cm³/mol. The lowest BCUT2D eigenvalue weighted by Crippen LogP contribution is -2.12. The predicted octanol–water partition coefficient (Wildman–Crippen LogP) is 2.42. The molecular weight excluding hydrogens is 222 g/mol. The van der Waals surface area contributed by atoms with Gasteiger partial charge >= 0.3 is 0 Å². The van der Waals surface area contributed by atoms with Gasteiger partial charge in [-0.3, -0.25) is 5.32 Å². The Kier molecular flexibility index (Phi) is 4.67. The van der Waals surface area contributed by atoms with Crippen LogP contribution in [-0.4, -0.2) is 18.5 Å². The molecule has 0 heterocycles. The van der Waals surface area contributed by atoms with Crippen molar-refractivity contribution in [2.75, 3.05) is 13.4 Å². The number of amidine groups is 1. The molecule has 84 valence electrons. The number of ether oxygens (including phenoxy) is 1. The van der Waals surface area contributed by atoms with Crippen LogP contribution >= 0.6 is 11.8 Å². The van der Waals surface area contributed by atoms with Gasteiger partial charge in [-0.15, -0.1) is 0 Å². The zero-order valence-electron chi connectivity index (χ0n) is 9.44. The van der Waals surface area contributed by atoms with E-state index in [1.165, 1.54) is 11.8 Å². The average Bonchev–Trinajstić information content (AvgIpc) is 2.31. The monoisotopic (exact) mass is 235 g/mol. The second-order valence-corrected chi connectivity index (χ2v) is 3.76. The lowest BCUT2D eigenvalue weighted by molar-refractivity contribution is 0.412. The second-order valence-electron chi connectivity index (χ2n) is 2.96. The first-order chi connectivity index (χ1) is 7.72. The molecule has 1 rings (SSSR count). The summed E-state index contributed by atoms with van der Waals surface area (Å²) in [6.07, 6.45) is 3.71. The summed E-state index contributed by atoms with van der Waals surface area (Å²) in [6.45, 7) is 1.93. The number of hydrogen-bond donors (Lipinski definition) is 1. The summed E-state index contributed by atoms with van der Waals surface area (Å²) in [5, 5.41) is 11.6. The Bertz CT molecular complexity index is 437. The Morgan fingerprint density at radius 2 is 2.31 bits per heavy atom. The van der Waals surface area contributed by atoms with Gasteiger partial charge in [0.25, 0.3) is 0 Å². The standard InChI is InChI=1S/C11H13N3OS/c1-8-9(5-4-6-10(8)15-2)14-11(16-3)13-7-12/h4-6H,1-3H3,(H,13,14). The van der Waals surface area contributed by atoms with Gasteiger partial charge in [-0.25, -0.2) is 4.99 Å². The third-order valence-electron chi connectivity index (χ3n) is 2.05. The second kappa shape index (κ2) is 6.03. The summed E-state index contributed by atoms with van der Waals surface area (Å²) in [7, 11) is 1.62. The molecule has 5 heteroatoms. The van der Waals surface area contributed by atoms with E-state index in [1.54, 1.807) is 7.11 Å². The van der Waals surface area contributed by atoms with Crippen molar-refractivity contribution in [3.63, 3.8) is 0 Å². The molecular formula is C11H13N3OS. The van der Waals surface area contributed by atoms with Crippen LogP contribution in [0.1, 0.15) is 5.56 Å². The van der Waals surface area contributed by atoms with Gasteiger partial charge in [0.15, 0.2) is 11.4 Å². The molecule has 0 saturated carbocycles. The summed E-state index contributed by atoms with van der Waals surface area (Å²) in [6, 6.07) is 5.63. The van der Waals surface area contributed by atoms with Crippen LogP contribution < -0.4 is 10.1 Å². The van der Waals surface area contributed by atoms with Crippen molar-refractivity contribution in [2.45, 2.75) is 6.92 Å². The molecule has 16 heavy (non-hydrogen) atoms. The van der Waals surface area contributed by atoms with E-state index < -0.39 is 0 Å². The van der Waals surface area contributed by atoms with Crippen molar-refractivity contribution in [3.8, 4) is 11.9 Å². The van der Waals surface area contributed by atoms with Crippen molar-refractivity contribution >= 4 is 22.6 Å². The fourth-order valence-corrected chi connectivity index (χ4v) is 1.56. The first-order valence-corrected chi connectivity index (χ1v) is 5.86. The molecule has 0 bridgehead atoms. The quantitative estimate of drug-likeness (QED) is 0.370. The van der Waals surface area contributed by atoms with Gasteiger partial charge in [-0.2, -0.15) is 5.26 Å². The molecule has 0 unspecified atom stereocenters. The smallest absolute Gasteiger partial charge is 0.183 e. The molecule has 0 atom stereocenters. The number of nitriles is 1. The highest BCUT2D eigenvalue weighted by Gasteiger charge is 2.04. The topological polar surface area (TPSA) is 57.4 Å². The zero-order valence-corrected chi connectivity index (χ0v) is 10.3. The number of methoxy groups -OCH3 is 1. The third kappa shape index (κ3) is 2.91. The first-order valence-electron chi connectivity index (χ1n) is 4.64. The van der Waals surface area contributed by atoms with Crippen LogP contribution in [0.3, 0.4) is 0 Å². The lowest BCUT2D eigenvalue weighted by atomic mass is 10.2. The number of benzene rings is 1. The molecule has 0 fully saturated rings. The Balaban J connectivity index is 3.09. The molecule has 0 saturated heterocycles. The minimum absolute atomic E-state index is 0.568. The van der Waals surface area contributed by atoms with Crippen LogP contribution in [0.2, 0.25) is 0 Å². The zero-order chi connectivity index (χ0) is 12.0. The first kappa shape index (κ1) is 12.4. The Morgan fingerprint density at radius 3 is 2.88 bits per heavy atom. The SMILES string of the molecule is COc1cccc(N=C(NC#N)SC)c1C. The van der Waals surface area contributed by atoms with E-state index in [-0.39, 0.29) is 0 Å². The molecule has 0 aliphatic rings. The summed E-state index contributed by atoms with van der Waals surface area (Å²) < 4.78 is 5.20. The molecule has 0 aromatic heterocycles. The lowest BCUT2D eigenvalue weighted by Gasteiger charge is -2.07. The molecule has 0 aliphatic carbocycles. The molecule has 0 amide bonds. The van der Waals surface area contributed by atoms with E-state index in [4.69, 9.17) is 10.00 Å². The largest absolute Gasteiger partial charge is 0.496 e. The van der Waals surface area contributed by atoms with Crippen molar-refractivity contribution in [2.24, 2.45) is 4.99 Å². The molecule has 0 spiro atoms. The van der Waals surface area contributed by atoms with Gasteiger partial charge in [-0.1, -0.05) is 17.8 Å². The number of nitrogens with one attached hydrogen (secondary N) is 1. The minimum atomic E-state index is 0.568. The molecule has 1 aromatic rings. The Labute approximate surface area is 99.3 Å². The Hall–Kier alpha value is -1.67. The minimum Gasteiger partial charge on any atom is -0.496 e. The van der Waals surface area contributed by atoms with Crippen LogP contribution in [0.15, 0.2) is 23.2 Å². The van der Waals surface area contributed by atoms with Crippen LogP contribution in [0.5, 0.6) is 5.75 Å². The fourth-order valence-electron chi connectivity index (χ4n) is 1.23. The van der Waals surface area contributed by atoms with Crippen LogP contribution in [0.4, 0.5) is 5.69 Å². The van der Waals surface area contributed by atoms with Crippen molar-refractivity contribution in [1.29, 1.82) is 5.26 Å².